The number of carbonyl (C=O) groups excluding carboxylic acids is 1. The van der Waals surface area contributed by atoms with Gasteiger partial charge in [-0.3, -0.25) is 9.59 Å². The Kier molecular flexibility index (Phi) is 3.96. The van der Waals surface area contributed by atoms with E-state index in [0.717, 1.165) is 10.1 Å². The fourth-order valence-electron chi connectivity index (χ4n) is 1.58. The summed E-state index contributed by atoms with van der Waals surface area (Å²) < 4.78 is 5.52. The van der Waals surface area contributed by atoms with Gasteiger partial charge in [0.15, 0.2) is 0 Å². The first-order chi connectivity index (χ1) is 9.11. The summed E-state index contributed by atoms with van der Waals surface area (Å²) in [5.74, 6) is -0.613. The van der Waals surface area contributed by atoms with Crippen LogP contribution in [0.25, 0.3) is 11.3 Å². The van der Waals surface area contributed by atoms with Gasteiger partial charge in [-0.25, -0.2) is 9.36 Å². The van der Waals surface area contributed by atoms with Crippen molar-refractivity contribution in [2.24, 2.45) is 0 Å². The molecule has 0 saturated heterocycles. The number of esters is 1. The number of nitrogens with one attached hydrogen (secondary N) is 1. The molecule has 0 unspecified atom stereocenters. The highest BCUT2D eigenvalue weighted by Gasteiger charge is 2.10. The van der Waals surface area contributed by atoms with Crippen LogP contribution in [0.1, 0.15) is 6.92 Å². The van der Waals surface area contributed by atoms with Crippen molar-refractivity contribution in [3.05, 3.63) is 43.7 Å². The van der Waals surface area contributed by atoms with E-state index < -0.39 is 17.2 Å². The number of H-pyrrole nitrogens is 1. The van der Waals surface area contributed by atoms with Crippen LogP contribution in [-0.4, -0.2) is 22.1 Å². The predicted molar refractivity (Wildman–Crippen MR) is 71.3 cm³/mol. The lowest BCUT2D eigenvalue weighted by molar-refractivity contribution is -0.143. The van der Waals surface area contributed by atoms with E-state index in [4.69, 9.17) is 4.74 Å². The minimum absolute atomic E-state index is 0.207. The summed E-state index contributed by atoms with van der Waals surface area (Å²) in [6.45, 7) is 1.48. The summed E-state index contributed by atoms with van der Waals surface area (Å²) >= 11 is 1.46. The molecular formula is C12H12N2O4S. The third-order valence-electron chi connectivity index (χ3n) is 2.45. The number of rotatable bonds is 4. The van der Waals surface area contributed by atoms with Crippen LogP contribution < -0.4 is 11.2 Å². The van der Waals surface area contributed by atoms with Crippen LogP contribution >= 0.6 is 11.3 Å². The smallest absolute Gasteiger partial charge is 0.329 e. The summed E-state index contributed by atoms with van der Waals surface area (Å²) in [7, 11) is 0. The second kappa shape index (κ2) is 5.66. The molecule has 1 N–H and O–H groups in total. The molecule has 2 aromatic rings. The first kappa shape index (κ1) is 13.3. The van der Waals surface area contributed by atoms with Crippen molar-refractivity contribution in [2.75, 3.05) is 6.61 Å². The highest BCUT2D eigenvalue weighted by Crippen LogP contribution is 2.17. The molecule has 100 valence electrons. The number of hydrogen-bond acceptors (Lipinski definition) is 5. The van der Waals surface area contributed by atoms with Gasteiger partial charge in [-0.2, -0.15) is 11.3 Å². The molecule has 0 amide bonds. The predicted octanol–water partition coefficient (Wildman–Crippen LogP) is 0.828. The average molecular weight is 280 g/mol. The zero-order valence-electron chi connectivity index (χ0n) is 10.2. The molecule has 0 bridgehead atoms. The summed E-state index contributed by atoms with van der Waals surface area (Å²) in [5, 5.41) is 3.66. The standard InChI is InChI=1S/C12H12N2O4S/c1-2-18-11(16)6-14-10(15)5-9(13-12(14)17)8-3-4-19-7-8/h3-5,7H,2,6H2,1H3,(H,13,17). The Morgan fingerprint density at radius 1 is 1.47 bits per heavy atom. The van der Waals surface area contributed by atoms with E-state index in [2.05, 4.69) is 4.98 Å². The summed E-state index contributed by atoms with van der Waals surface area (Å²) in [4.78, 5) is 37.5. The van der Waals surface area contributed by atoms with E-state index in [1.54, 1.807) is 13.0 Å². The Balaban J connectivity index is 2.36. The van der Waals surface area contributed by atoms with Crippen LogP contribution in [0.2, 0.25) is 0 Å². The van der Waals surface area contributed by atoms with Crippen LogP contribution in [0.15, 0.2) is 32.5 Å². The molecule has 2 rings (SSSR count). The van der Waals surface area contributed by atoms with Gasteiger partial charge in [-0.15, -0.1) is 0 Å². The Bertz CT molecular complexity index is 653. The van der Waals surface area contributed by atoms with E-state index in [1.807, 2.05) is 10.8 Å². The van der Waals surface area contributed by atoms with E-state index in [1.165, 1.54) is 17.4 Å². The lowest BCUT2D eigenvalue weighted by Gasteiger charge is -2.05. The maximum Gasteiger partial charge on any atom is 0.329 e. The lowest BCUT2D eigenvalue weighted by atomic mass is 10.2. The molecular weight excluding hydrogens is 268 g/mol. The van der Waals surface area contributed by atoms with Gasteiger partial charge in [0.2, 0.25) is 0 Å². The van der Waals surface area contributed by atoms with Crippen LogP contribution in [0.4, 0.5) is 0 Å². The van der Waals surface area contributed by atoms with Crippen molar-refractivity contribution in [2.45, 2.75) is 13.5 Å². The molecule has 0 aliphatic heterocycles. The molecule has 0 aliphatic rings. The van der Waals surface area contributed by atoms with E-state index in [-0.39, 0.29) is 13.2 Å². The Labute approximate surface area is 112 Å². The molecule has 0 aromatic carbocycles. The van der Waals surface area contributed by atoms with E-state index in [0.29, 0.717) is 5.69 Å². The molecule has 19 heavy (non-hydrogen) atoms. The fraction of sp³-hybridized carbons (Fsp3) is 0.250. The van der Waals surface area contributed by atoms with Crippen molar-refractivity contribution in [3.63, 3.8) is 0 Å². The molecule has 0 radical (unpaired) electrons. The zero-order valence-corrected chi connectivity index (χ0v) is 11.0. The van der Waals surface area contributed by atoms with Crippen molar-refractivity contribution < 1.29 is 9.53 Å². The maximum atomic E-state index is 11.8. The number of carbonyl (C=O) groups is 1. The number of aromatic nitrogens is 2. The van der Waals surface area contributed by atoms with E-state index in [9.17, 15) is 14.4 Å². The van der Waals surface area contributed by atoms with Gasteiger partial charge < -0.3 is 9.72 Å². The topological polar surface area (TPSA) is 81.2 Å². The molecule has 0 atom stereocenters. The number of ether oxygens (including phenoxy) is 1. The molecule has 0 fully saturated rings. The first-order valence-electron chi connectivity index (χ1n) is 5.64. The third kappa shape index (κ3) is 3.00. The molecule has 2 aromatic heterocycles. The van der Waals surface area contributed by atoms with Gasteiger partial charge in [0.25, 0.3) is 5.56 Å². The van der Waals surface area contributed by atoms with Gasteiger partial charge in [0.1, 0.15) is 6.54 Å². The van der Waals surface area contributed by atoms with Crippen molar-refractivity contribution in [1.29, 1.82) is 0 Å². The second-order valence-corrected chi connectivity index (χ2v) is 4.51. The van der Waals surface area contributed by atoms with Gasteiger partial charge in [-0.1, -0.05) is 0 Å². The zero-order chi connectivity index (χ0) is 13.8. The molecule has 0 saturated carbocycles. The number of aromatic amines is 1. The lowest BCUT2D eigenvalue weighted by Crippen LogP contribution is -2.37. The quantitative estimate of drug-likeness (QED) is 0.841. The first-order valence-corrected chi connectivity index (χ1v) is 6.58. The summed E-state index contributed by atoms with van der Waals surface area (Å²) in [6, 6.07) is 3.09. The summed E-state index contributed by atoms with van der Waals surface area (Å²) in [6.07, 6.45) is 0. The van der Waals surface area contributed by atoms with Crippen LogP contribution in [-0.2, 0) is 16.1 Å². The molecule has 2 heterocycles. The molecule has 6 nitrogen and oxygen atoms in total. The fourth-order valence-corrected chi connectivity index (χ4v) is 2.23. The van der Waals surface area contributed by atoms with Gasteiger partial charge in [0.05, 0.1) is 12.3 Å². The van der Waals surface area contributed by atoms with Crippen LogP contribution in [0.5, 0.6) is 0 Å². The molecule has 0 spiro atoms. The molecule has 0 aliphatic carbocycles. The maximum absolute atomic E-state index is 11.8. The normalized spacial score (nSPS) is 10.4. The van der Waals surface area contributed by atoms with Crippen molar-refractivity contribution in [3.8, 4) is 11.3 Å². The second-order valence-electron chi connectivity index (χ2n) is 3.73. The average Bonchev–Trinajstić information content (AvgIpc) is 2.87. The van der Waals surface area contributed by atoms with Gasteiger partial charge in [0, 0.05) is 17.0 Å². The molecule has 7 heteroatoms. The minimum atomic E-state index is -0.623. The largest absolute Gasteiger partial charge is 0.465 e. The van der Waals surface area contributed by atoms with Crippen LogP contribution in [0.3, 0.4) is 0 Å². The minimum Gasteiger partial charge on any atom is -0.465 e. The van der Waals surface area contributed by atoms with Crippen LogP contribution in [0, 0.1) is 0 Å². The number of nitrogens with zero attached hydrogens (tertiary/aromatic N) is 1. The van der Waals surface area contributed by atoms with Crippen molar-refractivity contribution in [1.82, 2.24) is 9.55 Å². The number of thiophene rings is 1. The van der Waals surface area contributed by atoms with Gasteiger partial charge >= 0.3 is 11.7 Å². The van der Waals surface area contributed by atoms with E-state index >= 15 is 0 Å². The summed E-state index contributed by atoms with van der Waals surface area (Å²) in [5.41, 5.74) is 0.0543. The highest BCUT2D eigenvalue weighted by atomic mass is 32.1. The Hall–Kier alpha value is -2.15. The SMILES string of the molecule is CCOC(=O)Cn1c(=O)cc(-c2ccsc2)[nH]c1=O. The van der Waals surface area contributed by atoms with Gasteiger partial charge in [-0.05, 0) is 18.4 Å². The monoisotopic (exact) mass is 280 g/mol. The van der Waals surface area contributed by atoms with Crippen molar-refractivity contribution >= 4 is 17.3 Å². The Morgan fingerprint density at radius 3 is 2.84 bits per heavy atom. The highest BCUT2D eigenvalue weighted by molar-refractivity contribution is 7.08. The number of hydrogen-bond donors (Lipinski definition) is 1. The Morgan fingerprint density at radius 2 is 2.26 bits per heavy atom. The third-order valence-corrected chi connectivity index (χ3v) is 3.13.